The number of hydrogen-bond acceptors (Lipinski definition) is 5. The molecule has 0 aliphatic carbocycles. The molecular weight excluding hydrogens is 478 g/mol. The normalized spacial score (nSPS) is 15.6. The molecule has 1 fully saturated rings. The maximum absolute atomic E-state index is 12.1. The highest BCUT2D eigenvalue weighted by Crippen LogP contribution is 2.19. The van der Waals surface area contributed by atoms with Crippen LogP contribution in [0.5, 0.6) is 0 Å². The van der Waals surface area contributed by atoms with E-state index in [0.29, 0.717) is 24.3 Å². The summed E-state index contributed by atoms with van der Waals surface area (Å²) in [6.45, 7) is 10.5. The van der Waals surface area contributed by atoms with Crippen LogP contribution >= 0.6 is 0 Å². The van der Waals surface area contributed by atoms with E-state index < -0.39 is 26.0 Å². The summed E-state index contributed by atoms with van der Waals surface area (Å²) in [5.41, 5.74) is 2.82. The highest BCUT2D eigenvalue weighted by atomic mass is 28.3. The lowest BCUT2D eigenvalue weighted by Gasteiger charge is -2.16. The molecule has 2 aromatic carbocycles. The molecule has 2 aromatic rings. The van der Waals surface area contributed by atoms with Gasteiger partial charge in [-0.1, -0.05) is 50.0 Å². The number of carbonyl (C=O) groups is 4. The standard InChI is InChI=1S/C18H27NO3Si.C9H8O4/c1-23(2,3)13-17(20)10-14-4-6-15(7-5-14)11-19-9-8-16(12-19)18(21)22;1-5-2-3-6(8(10)11)4-7(5)9(12)13/h4-7,16H,8-13H2,1-3H3,(H,21,22);2-4H,1H3,(H,10,11)(H,12,13). The third-order valence-corrected chi connectivity index (χ3v) is 7.35. The molecule has 0 spiro atoms. The Morgan fingerprint density at radius 1 is 0.917 bits per heavy atom. The molecule has 1 heterocycles. The van der Waals surface area contributed by atoms with Crippen LogP contribution in [0.3, 0.4) is 0 Å². The summed E-state index contributed by atoms with van der Waals surface area (Å²) < 4.78 is 0. The third-order valence-electron chi connectivity index (χ3n) is 5.89. The minimum atomic E-state index is -1.33. The van der Waals surface area contributed by atoms with Gasteiger partial charge in [0.25, 0.3) is 0 Å². The summed E-state index contributed by atoms with van der Waals surface area (Å²) in [5, 5.41) is 26.3. The lowest BCUT2D eigenvalue weighted by atomic mass is 10.1. The Labute approximate surface area is 212 Å². The van der Waals surface area contributed by atoms with Gasteiger partial charge in [0.1, 0.15) is 5.78 Å². The van der Waals surface area contributed by atoms with Crippen LogP contribution in [-0.4, -0.2) is 65.1 Å². The molecule has 0 aromatic heterocycles. The van der Waals surface area contributed by atoms with Crippen molar-refractivity contribution >= 4 is 31.8 Å². The number of Topliss-reactive ketones (excluding diaryl/α,β-unsaturated/α-hetero) is 1. The maximum Gasteiger partial charge on any atom is 0.335 e. The van der Waals surface area contributed by atoms with E-state index in [4.69, 9.17) is 15.3 Å². The molecule has 1 aliphatic rings. The third kappa shape index (κ3) is 9.39. The largest absolute Gasteiger partial charge is 0.481 e. The van der Waals surface area contributed by atoms with Gasteiger partial charge in [0.05, 0.1) is 25.1 Å². The van der Waals surface area contributed by atoms with Gasteiger partial charge in [0.2, 0.25) is 0 Å². The number of hydrogen-bond donors (Lipinski definition) is 3. The van der Waals surface area contributed by atoms with Gasteiger partial charge in [-0.05, 0) is 48.7 Å². The predicted octanol–water partition coefficient (Wildman–Crippen LogP) is 4.43. The SMILES string of the molecule is C[Si](C)(C)CC(=O)Cc1ccc(CN2CCC(C(=O)O)C2)cc1.Cc1ccc(C(=O)O)cc1C(=O)O. The van der Waals surface area contributed by atoms with E-state index in [0.717, 1.165) is 37.2 Å². The molecule has 1 saturated heterocycles. The lowest BCUT2D eigenvalue weighted by molar-refractivity contribution is -0.141. The molecule has 0 saturated carbocycles. The molecule has 0 bridgehead atoms. The van der Waals surface area contributed by atoms with Crippen molar-refractivity contribution in [3.63, 3.8) is 0 Å². The second-order valence-electron chi connectivity index (χ2n) is 10.5. The molecule has 1 unspecified atom stereocenters. The number of carbonyl (C=O) groups excluding carboxylic acids is 1. The van der Waals surface area contributed by atoms with Crippen molar-refractivity contribution in [1.29, 1.82) is 0 Å². The van der Waals surface area contributed by atoms with Gasteiger partial charge >= 0.3 is 17.9 Å². The molecule has 1 aliphatic heterocycles. The van der Waals surface area contributed by atoms with Gasteiger partial charge in [0.15, 0.2) is 0 Å². The smallest absolute Gasteiger partial charge is 0.335 e. The van der Waals surface area contributed by atoms with E-state index in [9.17, 15) is 19.2 Å². The molecule has 8 nitrogen and oxygen atoms in total. The quantitative estimate of drug-likeness (QED) is 0.420. The first kappa shape index (κ1) is 28.9. The molecule has 0 radical (unpaired) electrons. The molecule has 194 valence electrons. The second kappa shape index (κ2) is 12.6. The Balaban J connectivity index is 0.000000297. The van der Waals surface area contributed by atoms with Crippen LogP contribution in [0.15, 0.2) is 42.5 Å². The zero-order chi connectivity index (χ0) is 27.0. The van der Waals surface area contributed by atoms with Crippen molar-refractivity contribution in [2.45, 2.75) is 52.0 Å². The van der Waals surface area contributed by atoms with Gasteiger partial charge in [-0.3, -0.25) is 14.5 Å². The van der Waals surface area contributed by atoms with Crippen molar-refractivity contribution in [3.8, 4) is 0 Å². The number of carboxylic acid groups (broad SMARTS) is 3. The van der Waals surface area contributed by atoms with Crippen molar-refractivity contribution in [3.05, 3.63) is 70.3 Å². The van der Waals surface area contributed by atoms with E-state index in [1.54, 1.807) is 6.92 Å². The fraction of sp³-hybridized carbons (Fsp3) is 0.407. The van der Waals surface area contributed by atoms with Crippen molar-refractivity contribution in [1.82, 2.24) is 4.90 Å². The minimum Gasteiger partial charge on any atom is -0.481 e. The molecule has 3 N–H and O–H groups in total. The van der Waals surface area contributed by atoms with Gasteiger partial charge in [-0.2, -0.15) is 0 Å². The predicted molar refractivity (Wildman–Crippen MR) is 139 cm³/mol. The number of rotatable bonds is 9. The van der Waals surface area contributed by atoms with Crippen LogP contribution in [0.4, 0.5) is 0 Å². The van der Waals surface area contributed by atoms with Crippen molar-refractivity contribution in [2.75, 3.05) is 13.1 Å². The first-order valence-electron chi connectivity index (χ1n) is 11.9. The first-order valence-corrected chi connectivity index (χ1v) is 15.6. The summed E-state index contributed by atoms with van der Waals surface area (Å²) in [4.78, 5) is 46.3. The van der Waals surface area contributed by atoms with E-state index in [2.05, 4.69) is 36.7 Å². The highest BCUT2D eigenvalue weighted by Gasteiger charge is 2.27. The Bertz CT molecular complexity index is 1110. The number of nitrogens with zero attached hydrogens (tertiary/aromatic N) is 1. The number of benzene rings is 2. The molecule has 3 rings (SSSR count). The van der Waals surface area contributed by atoms with Crippen LogP contribution in [0.2, 0.25) is 25.7 Å². The molecule has 0 amide bonds. The summed E-state index contributed by atoms with van der Waals surface area (Å²) in [6.07, 6.45) is 1.26. The summed E-state index contributed by atoms with van der Waals surface area (Å²) >= 11 is 0. The van der Waals surface area contributed by atoms with E-state index in [1.807, 2.05) is 12.1 Å². The molecular formula is C27H35NO7Si. The van der Waals surface area contributed by atoms with Crippen LogP contribution in [0.1, 0.15) is 43.8 Å². The maximum atomic E-state index is 12.1. The van der Waals surface area contributed by atoms with Gasteiger partial charge < -0.3 is 15.3 Å². The Morgan fingerprint density at radius 3 is 2.03 bits per heavy atom. The van der Waals surface area contributed by atoms with Crippen molar-refractivity contribution in [2.24, 2.45) is 5.92 Å². The fourth-order valence-corrected chi connectivity index (χ4v) is 5.37. The van der Waals surface area contributed by atoms with E-state index in [1.165, 1.54) is 17.7 Å². The average Bonchev–Trinajstić information content (AvgIpc) is 3.23. The van der Waals surface area contributed by atoms with Crippen LogP contribution in [0, 0.1) is 12.8 Å². The number of aromatic carboxylic acids is 2. The number of likely N-dealkylation sites (tertiary alicyclic amines) is 1. The topological polar surface area (TPSA) is 132 Å². The zero-order valence-electron chi connectivity index (χ0n) is 21.3. The zero-order valence-corrected chi connectivity index (χ0v) is 22.3. The number of aryl methyl sites for hydroxylation is 1. The Hall–Kier alpha value is -3.30. The summed E-state index contributed by atoms with van der Waals surface area (Å²) in [6, 6.07) is 12.9. The fourth-order valence-electron chi connectivity index (χ4n) is 4.07. The number of ketones is 1. The van der Waals surface area contributed by atoms with E-state index in [-0.39, 0.29) is 17.0 Å². The van der Waals surface area contributed by atoms with Crippen LogP contribution in [-0.2, 0) is 22.6 Å². The van der Waals surface area contributed by atoms with Crippen molar-refractivity contribution < 1.29 is 34.5 Å². The molecule has 36 heavy (non-hydrogen) atoms. The number of carboxylic acids is 3. The lowest BCUT2D eigenvalue weighted by Crippen LogP contribution is -2.24. The number of aliphatic carboxylic acids is 1. The van der Waals surface area contributed by atoms with E-state index >= 15 is 0 Å². The summed E-state index contributed by atoms with van der Waals surface area (Å²) in [5.74, 6) is -2.82. The first-order chi connectivity index (χ1) is 16.7. The highest BCUT2D eigenvalue weighted by molar-refractivity contribution is 6.78. The molecule has 1 atom stereocenters. The Kier molecular flexibility index (Phi) is 10.1. The average molecular weight is 514 g/mol. The monoisotopic (exact) mass is 513 g/mol. The minimum absolute atomic E-state index is 0.0111. The van der Waals surface area contributed by atoms with Gasteiger partial charge in [-0.15, -0.1) is 0 Å². The summed E-state index contributed by atoms with van der Waals surface area (Å²) in [7, 11) is -1.33. The van der Waals surface area contributed by atoms with Gasteiger partial charge in [0, 0.05) is 25.6 Å². The Morgan fingerprint density at radius 2 is 1.53 bits per heavy atom. The van der Waals surface area contributed by atoms with Crippen LogP contribution < -0.4 is 0 Å². The molecule has 9 heteroatoms. The van der Waals surface area contributed by atoms with Gasteiger partial charge in [-0.25, -0.2) is 9.59 Å². The second-order valence-corrected chi connectivity index (χ2v) is 15.9. The van der Waals surface area contributed by atoms with Crippen LogP contribution in [0.25, 0.3) is 0 Å².